The van der Waals surface area contributed by atoms with Gasteiger partial charge in [-0.3, -0.25) is 0 Å². The fourth-order valence-corrected chi connectivity index (χ4v) is 6.75. The Labute approximate surface area is 101 Å². The van der Waals surface area contributed by atoms with Crippen molar-refractivity contribution < 1.29 is 0 Å². The molecule has 16 heavy (non-hydrogen) atoms. The van der Waals surface area contributed by atoms with E-state index in [4.69, 9.17) is 0 Å². The van der Waals surface area contributed by atoms with Crippen LogP contribution in [0.1, 0.15) is 33.3 Å². The summed E-state index contributed by atoms with van der Waals surface area (Å²) >= 11 is 0. The molecule has 0 heterocycles. The molecular weight excluding hydrogens is 208 g/mol. The van der Waals surface area contributed by atoms with Gasteiger partial charge in [-0.15, -0.1) is 12.3 Å². The van der Waals surface area contributed by atoms with Gasteiger partial charge in [0.25, 0.3) is 0 Å². The van der Waals surface area contributed by atoms with E-state index in [1.165, 1.54) is 11.6 Å². The number of hydrogen-bond donors (Lipinski definition) is 0. The third-order valence-electron chi connectivity index (χ3n) is 3.88. The van der Waals surface area contributed by atoms with Gasteiger partial charge in [-0.2, -0.15) is 0 Å². The van der Waals surface area contributed by atoms with Crippen LogP contribution in [0.4, 0.5) is 0 Å². The molecule has 1 rings (SSSR count). The van der Waals surface area contributed by atoms with E-state index in [0.29, 0.717) is 0 Å². The van der Waals surface area contributed by atoms with Crippen LogP contribution < -0.4 is 0 Å². The van der Waals surface area contributed by atoms with Gasteiger partial charge in [-0.05, 0) is 17.1 Å². The van der Waals surface area contributed by atoms with Crippen molar-refractivity contribution in [1.29, 1.82) is 0 Å². The second-order valence-corrected chi connectivity index (χ2v) is 10.6. The highest BCUT2D eigenvalue weighted by Gasteiger charge is 2.36. The zero-order chi connectivity index (χ0) is 12.2. The molecule has 0 aliphatic carbocycles. The van der Waals surface area contributed by atoms with Crippen LogP contribution in [0.3, 0.4) is 0 Å². The summed E-state index contributed by atoms with van der Waals surface area (Å²) in [6.07, 6.45) is 0. The highest BCUT2D eigenvalue weighted by molar-refractivity contribution is 6.86. The summed E-state index contributed by atoms with van der Waals surface area (Å²) in [5.41, 5.74) is 5.28. The molecular formula is C15H24Si. The fraction of sp³-hybridized carbons (Fsp3) is 0.467. The van der Waals surface area contributed by atoms with Crippen molar-refractivity contribution in [1.82, 2.24) is 0 Å². The highest BCUT2D eigenvalue weighted by atomic mass is 28.3. The van der Waals surface area contributed by atoms with Gasteiger partial charge in [0.1, 0.15) is 0 Å². The van der Waals surface area contributed by atoms with E-state index in [9.17, 15) is 0 Å². The Morgan fingerprint density at radius 1 is 1.06 bits per heavy atom. The summed E-state index contributed by atoms with van der Waals surface area (Å²) in [7, 11) is -1.40. The molecule has 0 aliphatic heterocycles. The number of benzene rings is 1. The lowest BCUT2D eigenvalue weighted by Gasteiger charge is -2.36. The van der Waals surface area contributed by atoms with Crippen LogP contribution in [0, 0.1) is 0 Å². The van der Waals surface area contributed by atoms with Crippen LogP contribution in [0.15, 0.2) is 42.6 Å². The molecule has 1 aromatic rings. The van der Waals surface area contributed by atoms with E-state index in [1.54, 1.807) is 0 Å². The van der Waals surface area contributed by atoms with Crippen molar-refractivity contribution in [2.24, 2.45) is 0 Å². The number of hydrogen-bond acceptors (Lipinski definition) is 0. The van der Waals surface area contributed by atoms with Gasteiger partial charge in [-0.1, -0.05) is 63.6 Å². The molecule has 88 valence electrons. The largest absolute Gasteiger partial charge is 0.107 e. The first-order valence-electron chi connectivity index (χ1n) is 6.20. The van der Waals surface area contributed by atoms with Gasteiger partial charge in [-0.25, -0.2) is 0 Å². The Kier molecular flexibility index (Phi) is 4.54. The minimum atomic E-state index is -1.40. The van der Waals surface area contributed by atoms with Crippen LogP contribution in [-0.4, -0.2) is 8.07 Å². The van der Waals surface area contributed by atoms with Crippen LogP contribution >= 0.6 is 0 Å². The third kappa shape index (κ3) is 2.65. The second-order valence-electron chi connectivity index (χ2n) is 5.29. The lowest BCUT2D eigenvalue weighted by Crippen LogP contribution is -2.42. The van der Waals surface area contributed by atoms with Crippen LogP contribution in [0.25, 0.3) is 0 Å². The van der Waals surface area contributed by atoms with Crippen LogP contribution in [0.2, 0.25) is 11.1 Å². The zero-order valence-corrected chi connectivity index (χ0v) is 12.0. The molecule has 0 spiro atoms. The summed E-state index contributed by atoms with van der Waals surface area (Å²) in [5, 5.41) is 0. The summed E-state index contributed by atoms with van der Waals surface area (Å²) in [6, 6.07) is 12.1. The molecule has 0 nitrogen and oxygen atoms in total. The standard InChI is InChI=1S/C15H24Si/c1-6-16(13(2)3,14(4)5)12-15-10-8-7-9-11-15/h6-11,13-14H,1,12H2,2-5H3. The molecule has 1 aromatic carbocycles. The van der Waals surface area contributed by atoms with Gasteiger partial charge in [0.05, 0.1) is 8.07 Å². The van der Waals surface area contributed by atoms with Crippen molar-refractivity contribution in [3.63, 3.8) is 0 Å². The Balaban J connectivity index is 2.99. The minimum absolute atomic E-state index is 0.755. The smallest absolute Gasteiger partial charge is 0.0864 e. The van der Waals surface area contributed by atoms with Gasteiger partial charge in [0, 0.05) is 0 Å². The molecule has 1 heteroatoms. The normalized spacial score (nSPS) is 12.1. The van der Waals surface area contributed by atoms with E-state index in [2.05, 4.69) is 70.3 Å². The van der Waals surface area contributed by atoms with Gasteiger partial charge >= 0.3 is 0 Å². The average Bonchev–Trinajstić information content (AvgIpc) is 2.26. The van der Waals surface area contributed by atoms with Crippen LogP contribution in [-0.2, 0) is 6.04 Å². The highest BCUT2D eigenvalue weighted by Crippen LogP contribution is 2.35. The van der Waals surface area contributed by atoms with Crippen molar-refractivity contribution >= 4 is 8.07 Å². The fourth-order valence-electron chi connectivity index (χ4n) is 2.57. The van der Waals surface area contributed by atoms with E-state index < -0.39 is 8.07 Å². The summed E-state index contributed by atoms with van der Waals surface area (Å²) in [6.45, 7) is 13.6. The maximum Gasteiger partial charge on any atom is 0.0864 e. The molecule has 0 atom stereocenters. The molecule has 0 amide bonds. The Bertz CT molecular complexity index is 317. The molecule has 0 unspecified atom stereocenters. The lowest BCUT2D eigenvalue weighted by molar-refractivity contribution is 0.890. The summed E-state index contributed by atoms with van der Waals surface area (Å²) < 4.78 is 0. The SMILES string of the molecule is C=C[Si](Cc1ccccc1)(C(C)C)C(C)C. The Morgan fingerprint density at radius 3 is 1.94 bits per heavy atom. The molecule has 0 saturated carbocycles. The second kappa shape index (κ2) is 5.49. The average molecular weight is 232 g/mol. The van der Waals surface area contributed by atoms with Gasteiger partial charge < -0.3 is 0 Å². The third-order valence-corrected chi connectivity index (χ3v) is 9.96. The molecule has 0 radical (unpaired) electrons. The molecule has 0 bridgehead atoms. The monoisotopic (exact) mass is 232 g/mol. The van der Waals surface area contributed by atoms with E-state index in [1.807, 2.05) is 0 Å². The Hall–Kier alpha value is -0.823. The Morgan fingerprint density at radius 2 is 1.56 bits per heavy atom. The summed E-state index contributed by atoms with van der Waals surface area (Å²) in [5.74, 6) is 0. The predicted octanol–water partition coefficient (Wildman–Crippen LogP) is 4.76. The van der Waals surface area contributed by atoms with Crippen molar-refractivity contribution in [2.75, 3.05) is 0 Å². The minimum Gasteiger partial charge on any atom is -0.107 e. The van der Waals surface area contributed by atoms with Crippen LogP contribution in [0.5, 0.6) is 0 Å². The quantitative estimate of drug-likeness (QED) is 0.642. The summed E-state index contributed by atoms with van der Waals surface area (Å²) in [4.78, 5) is 0. The predicted molar refractivity (Wildman–Crippen MR) is 76.3 cm³/mol. The maximum atomic E-state index is 4.13. The van der Waals surface area contributed by atoms with Gasteiger partial charge in [0.15, 0.2) is 0 Å². The molecule has 0 aromatic heterocycles. The maximum absolute atomic E-state index is 4.13. The first-order chi connectivity index (χ1) is 7.53. The molecule has 0 aliphatic rings. The van der Waals surface area contributed by atoms with Crippen molar-refractivity contribution in [2.45, 2.75) is 44.8 Å². The number of rotatable bonds is 5. The lowest BCUT2D eigenvalue weighted by atomic mass is 10.2. The molecule has 0 N–H and O–H groups in total. The van der Waals surface area contributed by atoms with Crippen molar-refractivity contribution in [3.05, 3.63) is 48.2 Å². The molecule has 0 saturated heterocycles. The molecule has 0 fully saturated rings. The zero-order valence-electron chi connectivity index (χ0n) is 11.0. The van der Waals surface area contributed by atoms with E-state index in [0.717, 1.165) is 11.1 Å². The van der Waals surface area contributed by atoms with E-state index >= 15 is 0 Å². The van der Waals surface area contributed by atoms with E-state index in [-0.39, 0.29) is 0 Å². The van der Waals surface area contributed by atoms with Gasteiger partial charge in [0.2, 0.25) is 0 Å². The topological polar surface area (TPSA) is 0 Å². The first-order valence-corrected chi connectivity index (χ1v) is 8.64. The van der Waals surface area contributed by atoms with Crippen molar-refractivity contribution in [3.8, 4) is 0 Å². The first kappa shape index (κ1) is 13.2.